The van der Waals surface area contributed by atoms with Gasteiger partial charge in [-0.2, -0.15) is 0 Å². The molecule has 3 N–H and O–H groups in total. The third-order valence-electron chi connectivity index (χ3n) is 5.53. The van der Waals surface area contributed by atoms with Crippen LogP contribution in [0.25, 0.3) is 10.9 Å². The quantitative estimate of drug-likeness (QED) is 0.896. The van der Waals surface area contributed by atoms with Gasteiger partial charge in [0.1, 0.15) is 0 Å². The molecule has 0 amide bonds. The van der Waals surface area contributed by atoms with Crippen molar-refractivity contribution in [3.63, 3.8) is 0 Å². The maximum atomic E-state index is 11.7. The molecule has 0 spiro atoms. The highest BCUT2D eigenvalue weighted by molar-refractivity contribution is 6.04. The van der Waals surface area contributed by atoms with Crippen LogP contribution < -0.4 is 5.73 Å². The summed E-state index contributed by atoms with van der Waals surface area (Å²) in [6, 6.07) is 5.68. The molecule has 0 saturated carbocycles. The van der Waals surface area contributed by atoms with Gasteiger partial charge in [-0.05, 0) is 55.2 Å². The van der Waals surface area contributed by atoms with Crippen LogP contribution in [0, 0.1) is 11.3 Å². The molecule has 2 aromatic rings. The number of aryl methyl sites for hydroxylation is 1. The lowest BCUT2D eigenvalue weighted by Crippen LogP contribution is -2.27. The van der Waals surface area contributed by atoms with Crippen LogP contribution in [0.5, 0.6) is 0 Å². The fraction of sp³-hybridized carbons (Fsp3) is 0.550. The van der Waals surface area contributed by atoms with Gasteiger partial charge in [0.25, 0.3) is 0 Å². The third-order valence-corrected chi connectivity index (χ3v) is 5.53. The van der Waals surface area contributed by atoms with E-state index in [1.807, 2.05) is 6.07 Å². The molecule has 4 heteroatoms. The van der Waals surface area contributed by atoms with E-state index < -0.39 is 5.97 Å². The zero-order valence-electron chi connectivity index (χ0n) is 14.9. The fourth-order valence-corrected chi connectivity index (χ4v) is 4.11. The summed E-state index contributed by atoms with van der Waals surface area (Å²) in [6.45, 7) is 8.33. The smallest absolute Gasteiger partial charge is 0.337 e. The van der Waals surface area contributed by atoms with E-state index in [1.54, 1.807) is 6.07 Å². The van der Waals surface area contributed by atoms with Gasteiger partial charge in [0.15, 0.2) is 0 Å². The highest BCUT2D eigenvalue weighted by atomic mass is 16.4. The Morgan fingerprint density at radius 2 is 2.12 bits per heavy atom. The maximum Gasteiger partial charge on any atom is 0.337 e. The first-order valence-electron chi connectivity index (χ1n) is 8.91. The number of carboxylic acid groups (broad SMARTS) is 1. The average molecular weight is 328 g/mol. The fourth-order valence-electron chi connectivity index (χ4n) is 4.11. The molecule has 4 nitrogen and oxygen atoms in total. The molecule has 24 heavy (non-hydrogen) atoms. The van der Waals surface area contributed by atoms with E-state index in [0.29, 0.717) is 18.0 Å². The number of rotatable bonds is 4. The summed E-state index contributed by atoms with van der Waals surface area (Å²) >= 11 is 0. The van der Waals surface area contributed by atoms with Gasteiger partial charge in [0, 0.05) is 17.6 Å². The number of benzene rings is 1. The molecule has 1 atom stereocenters. The van der Waals surface area contributed by atoms with E-state index in [1.165, 1.54) is 11.3 Å². The summed E-state index contributed by atoms with van der Waals surface area (Å²) in [4.78, 5) is 11.7. The van der Waals surface area contributed by atoms with Crippen LogP contribution in [0.1, 0.15) is 55.2 Å². The van der Waals surface area contributed by atoms with E-state index in [-0.39, 0.29) is 5.41 Å². The number of hydrogen-bond donors (Lipinski definition) is 2. The summed E-state index contributed by atoms with van der Waals surface area (Å²) in [5.74, 6) is -0.219. The second-order valence-corrected chi connectivity index (χ2v) is 8.03. The van der Waals surface area contributed by atoms with Gasteiger partial charge >= 0.3 is 5.97 Å². The Balaban J connectivity index is 2.20. The Hall–Kier alpha value is -1.81. The summed E-state index contributed by atoms with van der Waals surface area (Å²) in [6.07, 6.45) is 4.09. The van der Waals surface area contributed by atoms with Crippen molar-refractivity contribution in [3.05, 3.63) is 35.0 Å². The molecule has 1 aromatic carbocycles. The number of nitrogens with two attached hydrogens (primary N) is 1. The lowest BCUT2D eigenvalue weighted by atomic mass is 9.71. The lowest BCUT2D eigenvalue weighted by molar-refractivity contribution is 0.0698. The number of aromatic nitrogens is 1. The number of hydrogen-bond acceptors (Lipinski definition) is 2. The van der Waals surface area contributed by atoms with Gasteiger partial charge in [-0.15, -0.1) is 0 Å². The average Bonchev–Trinajstić information content (AvgIpc) is 2.85. The van der Waals surface area contributed by atoms with Crippen molar-refractivity contribution in [1.29, 1.82) is 0 Å². The van der Waals surface area contributed by atoms with E-state index in [9.17, 15) is 9.90 Å². The first-order chi connectivity index (χ1) is 11.3. The summed E-state index contributed by atoms with van der Waals surface area (Å²) in [7, 11) is 0. The summed E-state index contributed by atoms with van der Waals surface area (Å²) < 4.78 is 2.24. The minimum absolute atomic E-state index is 0.272. The monoisotopic (exact) mass is 328 g/mol. The van der Waals surface area contributed by atoms with Gasteiger partial charge in [-0.25, -0.2) is 4.79 Å². The lowest BCUT2D eigenvalue weighted by Gasteiger charge is -2.34. The molecule has 0 aliphatic heterocycles. The Kier molecular flexibility index (Phi) is 4.43. The standard InChI is InChI=1S/C20H28N2O2/c1-20(2,3)13-8-9-17-16(12-13)14-6-4-7-15(19(23)24)18(14)22(17)11-5-10-21/h4,6-7,13H,5,8-12,21H2,1-3H3,(H,23,24). The van der Waals surface area contributed by atoms with Crippen LogP contribution >= 0.6 is 0 Å². The Morgan fingerprint density at radius 1 is 1.38 bits per heavy atom. The van der Waals surface area contributed by atoms with Gasteiger partial charge in [0.05, 0.1) is 11.1 Å². The van der Waals surface area contributed by atoms with E-state index in [4.69, 9.17) is 5.73 Å². The molecular weight excluding hydrogens is 300 g/mol. The molecule has 130 valence electrons. The molecule has 0 fully saturated rings. The van der Waals surface area contributed by atoms with Crippen molar-refractivity contribution in [2.75, 3.05) is 6.54 Å². The molecular formula is C20H28N2O2. The largest absolute Gasteiger partial charge is 0.478 e. The van der Waals surface area contributed by atoms with Crippen LogP contribution in [0.2, 0.25) is 0 Å². The zero-order chi connectivity index (χ0) is 17.5. The summed E-state index contributed by atoms with van der Waals surface area (Å²) in [5, 5.41) is 10.8. The molecule has 1 unspecified atom stereocenters. The third kappa shape index (κ3) is 2.84. The van der Waals surface area contributed by atoms with E-state index >= 15 is 0 Å². The van der Waals surface area contributed by atoms with Gasteiger partial charge in [0.2, 0.25) is 0 Å². The zero-order valence-corrected chi connectivity index (χ0v) is 14.9. The Bertz CT molecular complexity index is 768. The minimum Gasteiger partial charge on any atom is -0.478 e. The highest BCUT2D eigenvalue weighted by Gasteiger charge is 2.32. The van der Waals surface area contributed by atoms with Crippen LogP contribution in [0.15, 0.2) is 18.2 Å². The number of fused-ring (bicyclic) bond motifs is 3. The molecule has 1 aliphatic rings. The second-order valence-electron chi connectivity index (χ2n) is 8.03. The molecule has 1 heterocycles. The molecule has 3 rings (SSSR count). The Labute approximate surface area is 143 Å². The van der Waals surface area contributed by atoms with E-state index in [0.717, 1.165) is 43.1 Å². The highest BCUT2D eigenvalue weighted by Crippen LogP contribution is 2.41. The van der Waals surface area contributed by atoms with Crippen LogP contribution in [0.4, 0.5) is 0 Å². The number of carboxylic acids is 1. The number of carbonyl (C=O) groups is 1. The van der Waals surface area contributed by atoms with Crippen LogP contribution in [-0.4, -0.2) is 22.2 Å². The first-order valence-corrected chi connectivity index (χ1v) is 8.91. The molecule has 0 saturated heterocycles. The van der Waals surface area contributed by atoms with Crippen molar-refractivity contribution in [2.45, 2.75) is 53.0 Å². The minimum atomic E-state index is -0.850. The van der Waals surface area contributed by atoms with Crippen molar-refractivity contribution < 1.29 is 9.90 Å². The van der Waals surface area contributed by atoms with Crippen LogP contribution in [-0.2, 0) is 19.4 Å². The topological polar surface area (TPSA) is 68.2 Å². The molecule has 1 aromatic heterocycles. The maximum absolute atomic E-state index is 11.7. The first kappa shape index (κ1) is 17.0. The van der Waals surface area contributed by atoms with Crippen molar-refractivity contribution >= 4 is 16.9 Å². The molecule has 0 bridgehead atoms. The number of aromatic carboxylic acids is 1. The normalized spacial score (nSPS) is 17.9. The SMILES string of the molecule is CC(C)(C)C1CCc2c(c3cccc(C(=O)O)c3n2CCCN)C1. The van der Waals surface area contributed by atoms with Crippen LogP contribution in [0.3, 0.4) is 0 Å². The van der Waals surface area contributed by atoms with Gasteiger partial charge in [-0.3, -0.25) is 0 Å². The predicted octanol–water partition coefficient (Wildman–Crippen LogP) is 3.84. The molecule has 0 radical (unpaired) electrons. The van der Waals surface area contributed by atoms with Crippen molar-refractivity contribution in [3.8, 4) is 0 Å². The van der Waals surface area contributed by atoms with Gasteiger partial charge < -0.3 is 15.4 Å². The van der Waals surface area contributed by atoms with Crippen molar-refractivity contribution in [1.82, 2.24) is 4.57 Å². The number of para-hydroxylation sites is 1. The molecule has 1 aliphatic carbocycles. The number of nitrogens with zero attached hydrogens (tertiary/aromatic N) is 1. The summed E-state index contributed by atoms with van der Waals surface area (Å²) in [5.41, 5.74) is 9.96. The predicted molar refractivity (Wildman–Crippen MR) is 97.5 cm³/mol. The Morgan fingerprint density at radius 3 is 2.75 bits per heavy atom. The van der Waals surface area contributed by atoms with Gasteiger partial charge in [-0.1, -0.05) is 32.9 Å². The van der Waals surface area contributed by atoms with Crippen molar-refractivity contribution in [2.24, 2.45) is 17.1 Å². The van der Waals surface area contributed by atoms with E-state index in [2.05, 4.69) is 31.4 Å². The second kappa shape index (κ2) is 6.25.